The van der Waals surface area contributed by atoms with Gasteiger partial charge in [0.15, 0.2) is 0 Å². The van der Waals surface area contributed by atoms with E-state index in [0.717, 1.165) is 0 Å². The Bertz CT molecular complexity index is 1330. The molecule has 11 heteroatoms. The zero-order valence-corrected chi connectivity index (χ0v) is 20.3. The number of rotatable bonds is 4. The van der Waals surface area contributed by atoms with E-state index in [1.165, 1.54) is 35.2 Å². The van der Waals surface area contributed by atoms with Crippen molar-refractivity contribution in [3.05, 3.63) is 92.6 Å². The van der Waals surface area contributed by atoms with Crippen molar-refractivity contribution in [1.29, 1.82) is 0 Å². The number of halogens is 5. The molecule has 0 aliphatic carbocycles. The molecule has 2 aromatic carbocycles. The van der Waals surface area contributed by atoms with E-state index in [9.17, 15) is 22.9 Å². The van der Waals surface area contributed by atoms with Crippen LogP contribution in [-0.2, 0) is 12.0 Å². The van der Waals surface area contributed by atoms with Gasteiger partial charge in [-0.25, -0.2) is 0 Å². The molecular weight excluding hydrogens is 516 g/mol. The number of fused-ring (bicyclic) bond motifs is 1. The van der Waals surface area contributed by atoms with Crippen molar-refractivity contribution in [3.8, 4) is 0 Å². The van der Waals surface area contributed by atoms with Crippen molar-refractivity contribution in [2.24, 2.45) is 0 Å². The Labute approximate surface area is 214 Å². The molecular formula is C25H20Cl2F3N4O2+. The summed E-state index contributed by atoms with van der Waals surface area (Å²) in [5.41, 5.74) is -0.785. The molecule has 2 aliphatic heterocycles. The van der Waals surface area contributed by atoms with E-state index in [-0.39, 0.29) is 65.5 Å². The summed E-state index contributed by atoms with van der Waals surface area (Å²) in [4.78, 5) is 33.0. The van der Waals surface area contributed by atoms with Crippen LogP contribution >= 0.6 is 23.2 Å². The zero-order valence-electron chi connectivity index (χ0n) is 18.8. The fraction of sp³-hybridized carbons (Fsp3) is 0.280. The van der Waals surface area contributed by atoms with Gasteiger partial charge in [-0.2, -0.15) is 13.2 Å². The topological polar surface area (TPSA) is 56.5 Å². The number of hydrogen-bond acceptors (Lipinski definition) is 4. The molecule has 3 heterocycles. The van der Waals surface area contributed by atoms with Crippen molar-refractivity contribution in [2.75, 3.05) is 24.7 Å². The van der Waals surface area contributed by atoms with Crippen LogP contribution in [0.25, 0.3) is 0 Å². The molecule has 1 unspecified atom stereocenters. The van der Waals surface area contributed by atoms with Crippen molar-refractivity contribution >= 4 is 40.5 Å². The van der Waals surface area contributed by atoms with Crippen LogP contribution in [0.5, 0.6) is 0 Å². The van der Waals surface area contributed by atoms with Gasteiger partial charge in [-0.1, -0.05) is 29.3 Å². The van der Waals surface area contributed by atoms with Crippen LogP contribution in [0.2, 0.25) is 10.0 Å². The van der Waals surface area contributed by atoms with Crippen LogP contribution < -0.4 is 4.90 Å². The fourth-order valence-corrected chi connectivity index (χ4v) is 5.40. The Kier molecular flexibility index (Phi) is 6.16. The number of carbonyl (C=O) groups excluding carboxylic acids is 1. The van der Waals surface area contributed by atoms with Crippen LogP contribution in [-0.4, -0.2) is 46.5 Å². The van der Waals surface area contributed by atoms with Gasteiger partial charge >= 0.3 is 6.18 Å². The number of amides is 1. The number of benzene rings is 2. The van der Waals surface area contributed by atoms with Gasteiger partial charge in [0.2, 0.25) is 0 Å². The summed E-state index contributed by atoms with van der Waals surface area (Å²) in [7, 11) is 0. The number of hydrogen-bond donors (Lipinski definition) is 0. The highest BCUT2D eigenvalue weighted by molar-refractivity contribution is 6.34. The molecule has 1 fully saturated rings. The van der Waals surface area contributed by atoms with Gasteiger partial charge in [0.25, 0.3) is 18.3 Å². The molecule has 3 aromatic rings. The average Bonchev–Trinajstić information content (AvgIpc) is 3.29. The summed E-state index contributed by atoms with van der Waals surface area (Å²) in [6.07, 6.45) is -3.16. The lowest BCUT2D eigenvalue weighted by Gasteiger charge is -2.33. The lowest BCUT2D eigenvalue weighted by molar-refractivity contribution is -0.488. The Morgan fingerprint density at radius 2 is 1.81 bits per heavy atom. The molecule has 5 rings (SSSR count). The lowest BCUT2D eigenvalue weighted by atomic mass is 9.79. The second kappa shape index (κ2) is 9.05. The van der Waals surface area contributed by atoms with Crippen molar-refractivity contribution in [1.82, 2.24) is 9.88 Å². The predicted molar refractivity (Wildman–Crippen MR) is 130 cm³/mol. The van der Waals surface area contributed by atoms with Crippen molar-refractivity contribution < 1.29 is 22.7 Å². The van der Waals surface area contributed by atoms with Crippen LogP contribution in [0.4, 0.5) is 24.5 Å². The number of nitroso groups, excluding NO2 is 1. The molecule has 0 bridgehead atoms. The molecule has 6 nitrogen and oxygen atoms in total. The number of nitrogens with zero attached hydrogens (tertiary/aromatic N) is 4. The van der Waals surface area contributed by atoms with E-state index in [4.69, 9.17) is 23.2 Å². The Balaban J connectivity index is 1.43. The van der Waals surface area contributed by atoms with Gasteiger partial charge in [0.1, 0.15) is 11.0 Å². The molecule has 1 amide bonds. The smallest absolute Gasteiger partial charge is 0.370 e. The average molecular weight is 536 g/mol. The first kappa shape index (κ1) is 24.5. The third-order valence-electron chi connectivity index (χ3n) is 6.74. The molecule has 0 saturated carbocycles. The molecule has 1 atom stereocenters. The maximum absolute atomic E-state index is 14.4. The molecule has 186 valence electrons. The quantitative estimate of drug-likeness (QED) is 0.377. The van der Waals surface area contributed by atoms with Crippen LogP contribution in [0.15, 0.2) is 60.8 Å². The van der Waals surface area contributed by atoms with E-state index in [1.807, 2.05) is 0 Å². The molecule has 36 heavy (non-hydrogen) atoms. The van der Waals surface area contributed by atoms with E-state index < -0.39 is 11.6 Å². The number of carbonyl (C=O) groups is 1. The first-order valence-corrected chi connectivity index (χ1v) is 11.9. The maximum atomic E-state index is 14.4. The third-order valence-corrected chi connectivity index (χ3v) is 7.17. The number of pyridine rings is 1. The van der Waals surface area contributed by atoms with Crippen molar-refractivity contribution in [3.63, 3.8) is 0 Å². The fourth-order valence-electron chi connectivity index (χ4n) is 4.87. The van der Waals surface area contributed by atoms with Gasteiger partial charge in [-0.05, 0) is 54.4 Å². The number of aromatic nitrogens is 1. The zero-order chi connectivity index (χ0) is 25.7. The minimum atomic E-state index is -4.56. The largest absolute Gasteiger partial charge is 0.400 e. The second-order valence-electron chi connectivity index (χ2n) is 8.96. The van der Waals surface area contributed by atoms with Gasteiger partial charge in [0.05, 0.1) is 17.0 Å². The first-order valence-electron chi connectivity index (χ1n) is 11.1. The Hall–Kier alpha value is -3.17. The third kappa shape index (κ3) is 4.30. The lowest BCUT2D eigenvalue weighted by Crippen LogP contribution is -2.45. The highest BCUT2D eigenvalue weighted by Gasteiger charge is 2.59. The molecule has 1 aromatic heterocycles. The normalized spacial score (nSPS) is 20.1. The molecule has 0 N–H and O–H groups in total. The van der Waals surface area contributed by atoms with E-state index in [2.05, 4.69) is 4.98 Å². The molecule has 1 saturated heterocycles. The van der Waals surface area contributed by atoms with Gasteiger partial charge in [-0.15, -0.1) is 0 Å². The highest BCUT2D eigenvalue weighted by atomic mass is 35.5. The SMILES string of the molecule is O=C1c2ccc(N3CCC(c4cc(Cl)cc(Cl)c4)(C(F)(F)F)C3)cc2[N+](=O)CN1Cc1ccccn1. The summed E-state index contributed by atoms with van der Waals surface area (Å²) >= 11 is 12.0. The van der Waals surface area contributed by atoms with Gasteiger partial charge in [0, 0.05) is 46.0 Å². The minimum absolute atomic E-state index is 0.00116. The number of alkyl halides is 3. The Morgan fingerprint density at radius 3 is 2.47 bits per heavy atom. The van der Waals surface area contributed by atoms with E-state index >= 15 is 0 Å². The molecule has 2 aliphatic rings. The van der Waals surface area contributed by atoms with Crippen molar-refractivity contribution in [2.45, 2.75) is 24.6 Å². The van der Waals surface area contributed by atoms with Crippen LogP contribution in [0.1, 0.15) is 28.0 Å². The van der Waals surface area contributed by atoms with Crippen LogP contribution in [0.3, 0.4) is 0 Å². The summed E-state index contributed by atoms with van der Waals surface area (Å²) in [5, 5.41) is 0.258. The Morgan fingerprint density at radius 1 is 1.06 bits per heavy atom. The summed E-state index contributed by atoms with van der Waals surface area (Å²) in [6, 6.07) is 13.8. The maximum Gasteiger partial charge on any atom is 0.400 e. The highest BCUT2D eigenvalue weighted by Crippen LogP contribution is 2.49. The molecule has 0 spiro atoms. The second-order valence-corrected chi connectivity index (χ2v) is 9.83. The number of anilines is 1. The predicted octanol–water partition coefficient (Wildman–Crippen LogP) is 6.12. The van der Waals surface area contributed by atoms with E-state index in [1.54, 1.807) is 35.4 Å². The van der Waals surface area contributed by atoms with Gasteiger partial charge in [-0.3, -0.25) is 14.7 Å². The molecule has 0 radical (unpaired) electrons. The summed E-state index contributed by atoms with van der Waals surface area (Å²) in [6.45, 7) is -0.313. The minimum Gasteiger partial charge on any atom is -0.370 e. The summed E-state index contributed by atoms with van der Waals surface area (Å²) < 4.78 is 44.0. The van der Waals surface area contributed by atoms with Gasteiger partial charge < -0.3 is 4.90 Å². The first-order chi connectivity index (χ1) is 17.1. The van der Waals surface area contributed by atoms with Crippen LogP contribution in [0, 0.1) is 4.91 Å². The monoisotopic (exact) mass is 535 g/mol. The standard InChI is InChI=1S/C25H20Cl2F3N4O2/c26-17-9-16(10-18(27)11-17)24(25(28,29)30)6-8-32(14-24)20-4-5-21-22(12-20)34(36)15-33(23(21)35)13-19-3-1-2-7-31-19/h1-5,7,9-12H,6,8,13-15H2/q+1. The van der Waals surface area contributed by atoms with E-state index in [0.29, 0.717) is 16.1 Å². The summed E-state index contributed by atoms with van der Waals surface area (Å²) in [5.74, 6) is -0.339.